The first-order chi connectivity index (χ1) is 9.72. The van der Waals surface area contributed by atoms with Crippen LogP contribution in [0, 0.1) is 5.92 Å². The van der Waals surface area contributed by atoms with Crippen LogP contribution in [0.1, 0.15) is 51.4 Å². The normalized spacial score (nSPS) is 19.6. The Balaban J connectivity index is 1.68. The molecule has 2 fully saturated rings. The molecule has 0 aliphatic heterocycles. The highest BCUT2D eigenvalue weighted by molar-refractivity contribution is 5.80. The maximum absolute atomic E-state index is 12.1. The lowest BCUT2D eigenvalue weighted by Gasteiger charge is -2.37. The molecule has 0 bridgehead atoms. The van der Waals surface area contributed by atoms with Crippen molar-refractivity contribution in [3.8, 4) is 0 Å². The van der Waals surface area contributed by atoms with Crippen molar-refractivity contribution in [3.63, 3.8) is 0 Å². The van der Waals surface area contributed by atoms with Crippen LogP contribution in [0.2, 0.25) is 0 Å². The molecule has 20 heavy (non-hydrogen) atoms. The highest BCUT2D eigenvalue weighted by atomic mass is 16.3. The lowest BCUT2D eigenvalue weighted by Crippen LogP contribution is -2.46. The van der Waals surface area contributed by atoms with Crippen LogP contribution in [-0.4, -0.2) is 47.6 Å². The number of amides is 2. The molecule has 0 heterocycles. The van der Waals surface area contributed by atoms with Gasteiger partial charge in [0.25, 0.3) is 0 Å². The van der Waals surface area contributed by atoms with Crippen molar-refractivity contribution in [1.29, 1.82) is 0 Å². The molecule has 2 amide bonds. The van der Waals surface area contributed by atoms with Crippen molar-refractivity contribution in [2.24, 2.45) is 5.92 Å². The van der Waals surface area contributed by atoms with Gasteiger partial charge in [-0.05, 0) is 32.1 Å². The van der Waals surface area contributed by atoms with E-state index in [1.807, 2.05) is 0 Å². The second-order valence-electron chi connectivity index (χ2n) is 5.92. The van der Waals surface area contributed by atoms with E-state index in [0.717, 1.165) is 44.9 Å². The van der Waals surface area contributed by atoms with Crippen LogP contribution in [0.4, 0.5) is 0 Å². The molecule has 0 radical (unpaired) electrons. The number of aliphatic hydroxyl groups excluding tert-OH is 1. The Labute approximate surface area is 120 Å². The van der Waals surface area contributed by atoms with E-state index in [9.17, 15) is 9.59 Å². The van der Waals surface area contributed by atoms with Crippen molar-refractivity contribution in [3.05, 3.63) is 0 Å². The number of nitrogens with zero attached hydrogens (tertiary/aromatic N) is 1. The van der Waals surface area contributed by atoms with Crippen LogP contribution in [0.3, 0.4) is 0 Å². The van der Waals surface area contributed by atoms with Gasteiger partial charge in [-0.25, -0.2) is 0 Å². The van der Waals surface area contributed by atoms with E-state index in [1.54, 1.807) is 4.90 Å². The summed E-state index contributed by atoms with van der Waals surface area (Å²) < 4.78 is 0. The molecule has 2 aliphatic rings. The molecule has 2 rings (SSSR count). The number of rotatable bonds is 7. The Kier molecular flexibility index (Phi) is 5.83. The number of carbonyl (C=O) groups is 2. The monoisotopic (exact) mass is 282 g/mol. The smallest absolute Gasteiger partial charge is 0.224 e. The molecule has 5 heteroatoms. The zero-order valence-corrected chi connectivity index (χ0v) is 12.1. The van der Waals surface area contributed by atoms with E-state index < -0.39 is 0 Å². The fourth-order valence-electron chi connectivity index (χ4n) is 3.09. The molecule has 0 aromatic heterocycles. The third-order valence-electron chi connectivity index (χ3n) is 4.54. The number of hydrogen-bond donors (Lipinski definition) is 2. The SMILES string of the molecule is O=C(NCCC(=O)N(CCO)C1CCC1)C1CCCC1. The van der Waals surface area contributed by atoms with E-state index in [1.165, 1.54) is 0 Å². The second kappa shape index (κ2) is 7.62. The van der Waals surface area contributed by atoms with Gasteiger partial charge in [0, 0.05) is 31.5 Å². The van der Waals surface area contributed by atoms with Crippen molar-refractivity contribution < 1.29 is 14.7 Å². The van der Waals surface area contributed by atoms with Gasteiger partial charge < -0.3 is 15.3 Å². The summed E-state index contributed by atoms with van der Waals surface area (Å²) >= 11 is 0. The average Bonchev–Trinajstić information content (AvgIpc) is 2.89. The average molecular weight is 282 g/mol. The molecule has 0 saturated heterocycles. The first-order valence-corrected chi connectivity index (χ1v) is 7.90. The molecule has 0 atom stereocenters. The lowest BCUT2D eigenvalue weighted by molar-refractivity contribution is -0.135. The Morgan fingerprint density at radius 3 is 2.35 bits per heavy atom. The number of nitrogens with one attached hydrogen (secondary N) is 1. The minimum Gasteiger partial charge on any atom is -0.395 e. The van der Waals surface area contributed by atoms with Gasteiger partial charge in [0.05, 0.1) is 6.61 Å². The highest BCUT2D eigenvalue weighted by Gasteiger charge is 2.28. The van der Waals surface area contributed by atoms with Crippen LogP contribution in [0.5, 0.6) is 0 Å². The van der Waals surface area contributed by atoms with Gasteiger partial charge in [-0.2, -0.15) is 0 Å². The molecule has 0 spiro atoms. The summed E-state index contributed by atoms with van der Waals surface area (Å²) in [6.45, 7) is 0.847. The lowest BCUT2D eigenvalue weighted by atomic mass is 9.91. The Morgan fingerprint density at radius 1 is 1.10 bits per heavy atom. The van der Waals surface area contributed by atoms with Crippen molar-refractivity contribution in [2.45, 2.75) is 57.4 Å². The summed E-state index contributed by atoms with van der Waals surface area (Å²) in [5, 5.41) is 11.9. The molecule has 2 aliphatic carbocycles. The standard InChI is InChI=1S/C15H26N2O3/c18-11-10-17(13-6-3-7-13)14(19)8-9-16-15(20)12-4-1-2-5-12/h12-13,18H,1-11H2,(H,16,20). The van der Waals surface area contributed by atoms with E-state index >= 15 is 0 Å². The molecule has 114 valence electrons. The topological polar surface area (TPSA) is 69.6 Å². The van der Waals surface area contributed by atoms with Gasteiger partial charge in [0.15, 0.2) is 0 Å². The van der Waals surface area contributed by atoms with Gasteiger partial charge in [0.2, 0.25) is 11.8 Å². The summed E-state index contributed by atoms with van der Waals surface area (Å²) in [6, 6.07) is 0.306. The minimum atomic E-state index is 0.0106. The molecule has 0 aromatic rings. The minimum absolute atomic E-state index is 0.0106. The van der Waals surface area contributed by atoms with Crippen LogP contribution < -0.4 is 5.32 Å². The quantitative estimate of drug-likeness (QED) is 0.733. The van der Waals surface area contributed by atoms with E-state index in [-0.39, 0.29) is 24.3 Å². The highest BCUT2D eigenvalue weighted by Crippen LogP contribution is 2.25. The molecule has 2 N–H and O–H groups in total. The van der Waals surface area contributed by atoms with Crippen molar-refractivity contribution in [2.75, 3.05) is 19.7 Å². The first-order valence-electron chi connectivity index (χ1n) is 7.90. The maximum atomic E-state index is 12.1. The third kappa shape index (κ3) is 3.95. The zero-order valence-electron chi connectivity index (χ0n) is 12.1. The van der Waals surface area contributed by atoms with Gasteiger partial charge in [-0.3, -0.25) is 9.59 Å². The fraction of sp³-hybridized carbons (Fsp3) is 0.867. The van der Waals surface area contributed by atoms with E-state index in [4.69, 9.17) is 5.11 Å². The predicted molar refractivity (Wildman–Crippen MR) is 76.0 cm³/mol. The molecule has 0 unspecified atom stereocenters. The molecule has 5 nitrogen and oxygen atoms in total. The first kappa shape index (κ1) is 15.3. The Hall–Kier alpha value is -1.10. The van der Waals surface area contributed by atoms with Crippen LogP contribution >= 0.6 is 0 Å². The largest absolute Gasteiger partial charge is 0.395 e. The van der Waals surface area contributed by atoms with Gasteiger partial charge in [-0.15, -0.1) is 0 Å². The number of carbonyl (C=O) groups excluding carboxylic acids is 2. The Morgan fingerprint density at radius 2 is 1.80 bits per heavy atom. The van der Waals surface area contributed by atoms with Gasteiger partial charge in [-0.1, -0.05) is 12.8 Å². The maximum Gasteiger partial charge on any atom is 0.224 e. The molecular formula is C15H26N2O3. The summed E-state index contributed by atoms with van der Waals surface area (Å²) in [5.41, 5.74) is 0. The third-order valence-corrected chi connectivity index (χ3v) is 4.54. The van der Waals surface area contributed by atoms with Crippen molar-refractivity contribution in [1.82, 2.24) is 10.2 Å². The fourth-order valence-corrected chi connectivity index (χ4v) is 3.09. The van der Waals surface area contributed by atoms with E-state index in [0.29, 0.717) is 25.6 Å². The van der Waals surface area contributed by atoms with Crippen molar-refractivity contribution >= 4 is 11.8 Å². The second-order valence-corrected chi connectivity index (χ2v) is 5.92. The predicted octanol–water partition coefficient (Wildman–Crippen LogP) is 1.06. The Bertz CT molecular complexity index is 336. The molecular weight excluding hydrogens is 256 g/mol. The molecule has 0 aromatic carbocycles. The number of hydrogen-bond acceptors (Lipinski definition) is 3. The van der Waals surface area contributed by atoms with Gasteiger partial charge >= 0.3 is 0 Å². The summed E-state index contributed by atoms with van der Waals surface area (Å²) in [5.74, 6) is 0.313. The van der Waals surface area contributed by atoms with Gasteiger partial charge in [0.1, 0.15) is 0 Å². The number of aliphatic hydroxyl groups is 1. The van der Waals surface area contributed by atoms with E-state index in [2.05, 4.69) is 5.32 Å². The summed E-state index contributed by atoms with van der Waals surface area (Å²) in [4.78, 5) is 25.8. The summed E-state index contributed by atoms with van der Waals surface area (Å²) in [6.07, 6.45) is 7.84. The zero-order chi connectivity index (χ0) is 14.4. The van der Waals surface area contributed by atoms with Crippen LogP contribution in [0.15, 0.2) is 0 Å². The summed E-state index contributed by atoms with van der Waals surface area (Å²) in [7, 11) is 0. The van der Waals surface area contributed by atoms with Crippen LogP contribution in [-0.2, 0) is 9.59 Å². The molecule has 2 saturated carbocycles. The van der Waals surface area contributed by atoms with Crippen LogP contribution in [0.25, 0.3) is 0 Å².